The van der Waals surface area contributed by atoms with Crippen molar-refractivity contribution in [3.05, 3.63) is 21.4 Å². The van der Waals surface area contributed by atoms with Crippen LogP contribution in [0, 0.1) is 19.8 Å². The number of aryl methyl sites for hydroxylation is 2. The van der Waals surface area contributed by atoms with Crippen molar-refractivity contribution in [2.75, 3.05) is 13.1 Å². The third-order valence-corrected chi connectivity index (χ3v) is 6.05. The Morgan fingerprint density at radius 3 is 2.62 bits per heavy atom. The number of hydrogen-bond acceptors (Lipinski definition) is 4. The van der Waals surface area contributed by atoms with Gasteiger partial charge in [0, 0.05) is 4.88 Å². The van der Waals surface area contributed by atoms with Gasteiger partial charge in [-0.15, -0.1) is 11.3 Å². The van der Waals surface area contributed by atoms with Gasteiger partial charge in [-0.3, -0.25) is 4.90 Å². The van der Waals surface area contributed by atoms with Gasteiger partial charge in [-0.25, -0.2) is 9.97 Å². The van der Waals surface area contributed by atoms with Gasteiger partial charge in [0.15, 0.2) is 0 Å². The molecule has 0 aromatic carbocycles. The molecule has 0 saturated carbocycles. The first kappa shape index (κ1) is 15.2. The van der Waals surface area contributed by atoms with Gasteiger partial charge in [-0.1, -0.05) is 24.9 Å². The number of fused-ring (bicyclic) bond motifs is 1. The average molecular weight is 324 g/mol. The normalized spacial score (nSPS) is 17.7. The second kappa shape index (κ2) is 6.19. The van der Waals surface area contributed by atoms with Crippen LogP contribution in [0.5, 0.6) is 0 Å². The van der Waals surface area contributed by atoms with E-state index >= 15 is 0 Å². The minimum atomic E-state index is 0.611. The zero-order valence-corrected chi connectivity index (χ0v) is 14.5. The summed E-state index contributed by atoms with van der Waals surface area (Å²) < 4.78 is 0. The summed E-state index contributed by atoms with van der Waals surface area (Å²) in [5.41, 5.74) is 1.22. The van der Waals surface area contributed by atoms with E-state index in [-0.39, 0.29) is 0 Å². The minimum Gasteiger partial charge on any atom is -0.296 e. The van der Waals surface area contributed by atoms with Gasteiger partial charge in [0.2, 0.25) is 0 Å². The number of rotatable bonds is 3. The smallest absolute Gasteiger partial charge is 0.145 e. The maximum atomic E-state index is 6.38. The summed E-state index contributed by atoms with van der Waals surface area (Å²) in [6, 6.07) is 0. The summed E-state index contributed by atoms with van der Waals surface area (Å²) in [6.45, 7) is 9.63. The molecule has 0 unspecified atom stereocenters. The highest BCUT2D eigenvalue weighted by Crippen LogP contribution is 2.33. The van der Waals surface area contributed by atoms with Crippen molar-refractivity contribution in [2.24, 2.45) is 5.92 Å². The molecule has 1 aliphatic rings. The van der Waals surface area contributed by atoms with Crippen LogP contribution in [0.1, 0.15) is 42.5 Å². The summed E-state index contributed by atoms with van der Waals surface area (Å²) in [5.74, 6) is 1.76. The topological polar surface area (TPSA) is 29.0 Å². The van der Waals surface area contributed by atoms with E-state index in [2.05, 4.69) is 30.7 Å². The molecule has 21 heavy (non-hydrogen) atoms. The van der Waals surface area contributed by atoms with Crippen LogP contribution in [-0.4, -0.2) is 28.0 Å². The van der Waals surface area contributed by atoms with Crippen molar-refractivity contribution in [2.45, 2.75) is 46.6 Å². The fourth-order valence-electron chi connectivity index (χ4n) is 3.07. The SMILES string of the molecule is CCC1CCN(Cc2nc(Cl)c3c(C)c(C)sc3n2)CC1. The lowest BCUT2D eigenvalue weighted by molar-refractivity contribution is 0.171. The van der Waals surface area contributed by atoms with Crippen LogP contribution < -0.4 is 0 Å². The molecular weight excluding hydrogens is 302 g/mol. The summed E-state index contributed by atoms with van der Waals surface area (Å²) in [4.78, 5) is 14.0. The monoisotopic (exact) mass is 323 g/mol. The van der Waals surface area contributed by atoms with Crippen molar-refractivity contribution in [1.29, 1.82) is 0 Å². The number of hydrogen-bond donors (Lipinski definition) is 0. The Bertz CT molecular complexity index is 644. The molecule has 0 bridgehead atoms. The summed E-state index contributed by atoms with van der Waals surface area (Å²) in [7, 11) is 0. The van der Waals surface area contributed by atoms with Crippen molar-refractivity contribution >= 4 is 33.2 Å². The average Bonchev–Trinajstić information content (AvgIpc) is 2.75. The lowest BCUT2D eigenvalue weighted by atomic mass is 9.94. The fourth-order valence-corrected chi connectivity index (χ4v) is 4.50. The van der Waals surface area contributed by atoms with Gasteiger partial charge in [0.25, 0.3) is 0 Å². The minimum absolute atomic E-state index is 0.611. The van der Waals surface area contributed by atoms with Crippen LogP contribution in [0.2, 0.25) is 5.15 Å². The molecule has 3 nitrogen and oxygen atoms in total. The van der Waals surface area contributed by atoms with E-state index in [1.165, 1.54) is 29.7 Å². The molecule has 0 aliphatic carbocycles. The molecule has 0 atom stereocenters. The highest BCUT2D eigenvalue weighted by molar-refractivity contribution is 7.18. The molecule has 2 aromatic rings. The Balaban J connectivity index is 1.79. The van der Waals surface area contributed by atoms with Crippen molar-refractivity contribution in [1.82, 2.24) is 14.9 Å². The van der Waals surface area contributed by atoms with E-state index in [4.69, 9.17) is 16.6 Å². The van der Waals surface area contributed by atoms with Gasteiger partial charge < -0.3 is 0 Å². The Kier molecular flexibility index (Phi) is 4.48. The maximum absolute atomic E-state index is 6.38. The first-order valence-electron chi connectivity index (χ1n) is 7.73. The molecule has 3 rings (SSSR count). The zero-order valence-electron chi connectivity index (χ0n) is 12.9. The molecule has 1 fully saturated rings. The van der Waals surface area contributed by atoms with E-state index in [0.717, 1.165) is 41.6 Å². The molecule has 2 aromatic heterocycles. The second-order valence-electron chi connectivity index (χ2n) is 6.02. The Hall–Kier alpha value is -0.710. The van der Waals surface area contributed by atoms with Crippen molar-refractivity contribution in [3.8, 4) is 0 Å². The quantitative estimate of drug-likeness (QED) is 0.774. The van der Waals surface area contributed by atoms with Gasteiger partial charge in [-0.05, 0) is 51.3 Å². The second-order valence-corrected chi connectivity index (χ2v) is 7.58. The third-order valence-electron chi connectivity index (χ3n) is 4.68. The van der Waals surface area contributed by atoms with E-state index in [1.54, 1.807) is 11.3 Å². The van der Waals surface area contributed by atoms with Crippen LogP contribution >= 0.6 is 22.9 Å². The lowest BCUT2D eigenvalue weighted by Gasteiger charge is -2.30. The predicted molar refractivity (Wildman–Crippen MR) is 90.2 cm³/mol. The lowest BCUT2D eigenvalue weighted by Crippen LogP contribution is -2.33. The zero-order chi connectivity index (χ0) is 15.0. The highest BCUT2D eigenvalue weighted by Gasteiger charge is 2.20. The number of aromatic nitrogens is 2. The molecule has 0 N–H and O–H groups in total. The van der Waals surface area contributed by atoms with Gasteiger partial charge in [0.1, 0.15) is 15.8 Å². The Morgan fingerprint density at radius 2 is 1.95 bits per heavy atom. The van der Waals surface area contributed by atoms with Crippen molar-refractivity contribution < 1.29 is 0 Å². The van der Waals surface area contributed by atoms with E-state index < -0.39 is 0 Å². The predicted octanol–water partition coefficient (Wildman–Crippen LogP) is 4.58. The number of halogens is 1. The van der Waals surface area contributed by atoms with Crippen LogP contribution in [0.25, 0.3) is 10.2 Å². The number of nitrogens with zero attached hydrogens (tertiary/aromatic N) is 3. The van der Waals surface area contributed by atoms with Crippen LogP contribution in [0.15, 0.2) is 0 Å². The van der Waals surface area contributed by atoms with Crippen LogP contribution in [0.4, 0.5) is 0 Å². The fraction of sp³-hybridized carbons (Fsp3) is 0.625. The number of piperidine rings is 1. The maximum Gasteiger partial charge on any atom is 0.145 e. The van der Waals surface area contributed by atoms with E-state index in [1.807, 2.05) is 0 Å². The summed E-state index contributed by atoms with van der Waals surface area (Å²) >= 11 is 8.10. The largest absolute Gasteiger partial charge is 0.296 e. The molecule has 3 heterocycles. The molecule has 0 amide bonds. The van der Waals surface area contributed by atoms with Crippen molar-refractivity contribution in [3.63, 3.8) is 0 Å². The molecule has 114 valence electrons. The molecule has 0 radical (unpaired) electrons. The van der Waals surface area contributed by atoms with Crippen LogP contribution in [-0.2, 0) is 6.54 Å². The number of likely N-dealkylation sites (tertiary alicyclic amines) is 1. The molecular formula is C16H22ClN3S. The first-order valence-corrected chi connectivity index (χ1v) is 8.92. The Labute approximate surface area is 135 Å². The third kappa shape index (κ3) is 3.08. The van der Waals surface area contributed by atoms with E-state index in [0.29, 0.717) is 5.15 Å². The summed E-state index contributed by atoms with van der Waals surface area (Å²) in [6.07, 6.45) is 3.89. The van der Waals surface area contributed by atoms with Gasteiger partial charge >= 0.3 is 0 Å². The van der Waals surface area contributed by atoms with Crippen LogP contribution in [0.3, 0.4) is 0 Å². The number of thiophene rings is 1. The molecule has 1 saturated heterocycles. The molecule has 5 heteroatoms. The molecule has 1 aliphatic heterocycles. The first-order chi connectivity index (χ1) is 10.1. The molecule has 0 spiro atoms. The highest BCUT2D eigenvalue weighted by atomic mass is 35.5. The standard InChI is InChI=1S/C16H22ClN3S/c1-4-12-5-7-20(8-6-12)9-13-18-15(17)14-10(2)11(3)21-16(14)19-13/h12H,4-9H2,1-3H3. The van der Waals surface area contributed by atoms with E-state index in [9.17, 15) is 0 Å². The van der Waals surface area contributed by atoms with Gasteiger partial charge in [0.05, 0.1) is 11.9 Å². The summed E-state index contributed by atoms with van der Waals surface area (Å²) in [5, 5.41) is 1.65. The van der Waals surface area contributed by atoms with Gasteiger partial charge in [-0.2, -0.15) is 0 Å². The Morgan fingerprint density at radius 1 is 1.24 bits per heavy atom.